The minimum absolute atomic E-state index is 0.0906. The van der Waals surface area contributed by atoms with Gasteiger partial charge >= 0.3 is 7.05 Å². The van der Waals surface area contributed by atoms with Crippen molar-refractivity contribution in [2.45, 2.75) is 25.3 Å². The number of anilines is 1. The number of hydrogen-bond acceptors (Lipinski definition) is 4. The summed E-state index contributed by atoms with van der Waals surface area (Å²) in [5.41, 5.74) is 6.47. The van der Waals surface area contributed by atoms with Crippen LogP contribution < -0.4 is 10.5 Å². The van der Waals surface area contributed by atoms with Crippen LogP contribution in [0.2, 0.25) is 11.8 Å². The number of benzene rings is 2. The third kappa shape index (κ3) is 3.92. The Balaban J connectivity index is 1.93. The molecule has 25 heavy (non-hydrogen) atoms. The van der Waals surface area contributed by atoms with Gasteiger partial charge in [-0.1, -0.05) is 17.7 Å². The lowest BCUT2D eigenvalue weighted by Crippen LogP contribution is -2.50. The van der Waals surface area contributed by atoms with Crippen molar-refractivity contribution in [2.75, 3.05) is 18.8 Å². The van der Waals surface area contributed by atoms with Gasteiger partial charge in [-0.05, 0) is 61.9 Å². The van der Waals surface area contributed by atoms with Gasteiger partial charge in [0.2, 0.25) is 0 Å². The van der Waals surface area contributed by atoms with E-state index in [2.05, 4.69) is 0 Å². The SMILES string of the molecule is CB(O)N1CCC(Oc2ccc(N)cc2)(c2ccc(Cl)c(F)c2)CC1. The fraction of sp³-hybridized carbons (Fsp3) is 0.333. The summed E-state index contributed by atoms with van der Waals surface area (Å²) >= 11 is 5.84. The molecule has 1 heterocycles. The van der Waals surface area contributed by atoms with Gasteiger partial charge in [0.05, 0.1) is 5.02 Å². The number of nitrogens with two attached hydrogens (primary N) is 1. The van der Waals surface area contributed by atoms with E-state index in [1.807, 2.05) is 16.9 Å². The van der Waals surface area contributed by atoms with Gasteiger partial charge in [-0.3, -0.25) is 0 Å². The largest absolute Gasteiger partial charge is 0.482 e. The molecule has 1 aliphatic heterocycles. The summed E-state index contributed by atoms with van der Waals surface area (Å²) in [7, 11) is -0.517. The second kappa shape index (κ2) is 7.24. The minimum Gasteiger partial charge on any atom is -0.482 e. The predicted molar refractivity (Wildman–Crippen MR) is 99.2 cm³/mol. The van der Waals surface area contributed by atoms with Crippen molar-refractivity contribution in [3.8, 4) is 5.75 Å². The van der Waals surface area contributed by atoms with Gasteiger partial charge in [0.1, 0.15) is 17.2 Å². The first kappa shape index (κ1) is 18.0. The molecule has 0 atom stereocenters. The first-order valence-corrected chi connectivity index (χ1v) is 8.70. The third-order valence-corrected chi connectivity index (χ3v) is 5.08. The maximum Gasteiger partial charge on any atom is 0.376 e. The maximum atomic E-state index is 14.0. The van der Waals surface area contributed by atoms with Crippen LogP contribution in [0.4, 0.5) is 10.1 Å². The van der Waals surface area contributed by atoms with Gasteiger partial charge in [-0.25, -0.2) is 4.39 Å². The van der Waals surface area contributed by atoms with Gasteiger partial charge in [-0.2, -0.15) is 0 Å². The Hall–Kier alpha value is -1.76. The summed E-state index contributed by atoms with van der Waals surface area (Å²) in [4.78, 5) is 1.97. The van der Waals surface area contributed by atoms with Crippen LogP contribution in [0.3, 0.4) is 0 Å². The Morgan fingerprint density at radius 3 is 2.40 bits per heavy atom. The van der Waals surface area contributed by atoms with Gasteiger partial charge in [0, 0.05) is 18.5 Å². The first-order chi connectivity index (χ1) is 11.9. The number of nitrogen functional groups attached to an aromatic ring is 1. The molecule has 0 aliphatic carbocycles. The highest BCUT2D eigenvalue weighted by Gasteiger charge is 2.40. The molecular formula is C18H21BClFN2O2. The molecule has 4 nitrogen and oxygen atoms in total. The number of ether oxygens (including phenoxy) is 1. The first-order valence-electron chi connectivity index (χ1n) is 8.32. The quantitative estimate of drug-likeness (QED) is 0.645. The summed E-state index contributed by atoms with van der Waals surface area (Å²) < 4.78 is 20.4. The molecule has 0 spiro atoms. The summed E-state index contributed by atoms with van der Waals surface area (Å²) in [5.74, 6) is 0.215. The predicted octanol–water partition coefficient (Wildman–Crippen LogP) is 3.54. The van der Waals surface area contributed by atoms with Crippen LogP contribution in [0.1, 0.15) is 18.4 Å². The van der Waals surface area contributed by atoms with Crippen molar-refractivity contribution in [1.82, 2.24) is 4.81 Å². The molecule has 1 aliphatic rings. The van der Waals surface area contributed by atoms with E-state index in [9.17, 15) is 9.41 Å². The molecule has 0 amide bonds. The zero-order valence-corrected chi connectivity index (χ0v) is 14.8. The van der Waals surface area contributed by atoms with Crippen LogP contribution in [0.25, 0.3) is 0 Å². The van der Waals surface area contributed by atoms with Gasteiger partial charge in [0.25, 0.3) is 0 Å². The van der Waals surface area contributed by atoms with Gasteiger partial charge in [-0.15, -0.1) is 0 Å². The van der Waals surface area contributed by atoms with E-state index in [0.717, 1.165) is 5.56 Å². The number of rotatable bonds is 4. The van der Waals surface area contributed by atoms with Crippen LogP contribution in [0.5, 0.6) is 5.75 Å². The normalized spacial score (nSPS) is 17.3. The highest BCUT2D eigenvalue weighted by molar-refractivity contribution is 6.45. The van der Waals surface area contributed by atoms with Crippen molar-refractivity contribution in [3.63, 3.8) is 0 Å². The molecule has 0 unspecified atom stereocenters. The van der Waals surface area contributed by atoms with E-state index in [4.69, 9.17) is 22.1 Å². The Labute approximate surface area is 152 Å². The van der Waals surface area contributed by atoms with Crippen LogP contribution in [0, 0.1) is 5.82 Å². The van der Waals surface area contributed by atoms with Crippen molar-refractivity contribution in [2.24, 2.45) is 0 Å². The van der Waals surface area contributed by atoms with E-state index in [0.29, 0.717) is 37.4 Å². The topological polar surface area (TPSA) is 58.7 Å². The highest BCUT2D eigenvalue weighted by atomic mass is 35.5. The summed E-state index contributed by atoms with van der Waals surface area (Å²) in [6.07, 6.45) is 1.26. The number of hydrogen-bond donors (Lipinski definition) is 2. The van der Waals surface area contributed by atoms with E-state index < -0.39 is 18.5 Å². The van der Waals surface area contributed by atoms with Crippen LogP contribution >= 0.6 is 11.6 Å². The van der Waals surface area contributed by atoms with Crippen molar-refractivity contribution < 1.29 is 14.2 Å². The molecule has 7 heteroatoms. The fourth-order valence-corrected chi connectivity index (χ4v) is 3.37. The molecule has 2 aromatic carbocycles. The third-order valence-electron chi connectivity index (χ3n) is 4.77. The fourth-order valence-electron chi connectivity index (χ4n) is 3.25. The number of piperidine rings is 1. The molecule has 132 valence electrons. The number of halogens is 2. The van der Waals surface area contributed by atoms with Gasteiger partial charge < -0.3 is 20.3 Å². The summed E-state index contributed by atoms with van der Waals surface area (Å²) in [5, 5.41) is 9.90. The van der Waals surface area contributed by atoms with Crippen LogP contribution in [-0.4, -0.2) is 30.0 Å². The average Bonchev–Trinajstić information content (AvgIpc) is 2.60. The highest BCUT2D eigenvalue weighted by Crippen LogP contribution is 2.39. The van der Waals surface area contributed by atoms with Crippen molar-refractivity contribution >= 4 is 24.3 Å². The maximum absolute atomic E-state index is 14.0. The Kier molecular flexibility index (Phi) is 5.23. The van der Waals surface area contributed by atoms with Crippen LogP contribution in [0.15, 0.2) is 42.5 Å². The second-order valence-corrected chi connectivity index (χ2v) is 6.87. The average molecular weight is 363 g/mol. The molecule has 1 saturated heterocycles. The lowest BCUT2D eigenvalue weighted by atomic mass is 9.77. The Morgan fingerprint density at radius 1 is 1.20 bits per heavy atom. The molecule has 0 bridgehead atoms. The van der Waals surface area contributed by atoms with Crippen LogP contribution in [-0.2, 0) is 5.60 Å². The number of nitrogens with zero attached hydrogens (tertiary/aromatic N) is 1. The smallest absolute Gasteiger partial charge is 0.376 e. The van der Waals surface area contributed by atoms with E-state index >= 15 is 0 Å². The van der Waals surface area contributed by atoms with Gasteiger partial charge in [0.15, 0.2) is 0 Å². The zero-order valence-electron chi connectivity index (χ0n) is 14.1. The minimum atomic E-state index is -0.674. The van der Waals surface area contributed by atoms with E-state index in [-0.39, 0.29) is 5.02 Å². The Morgan fingerprint density at radius 2 is 1.84 bits per heavy atom. The van der Waals surface area contributed by atoms with E-state index in [1.165, 1.54) is 6.07 Å². The molecule has 0 aromatic heterocycles. The lowest BCUT2D eigenvalue weighted by molar-refractivity contribution is 0.0121. The molecular weight excluding hydrogens is 341 g/mol. The molecule has 1 fully saturated rings. The molecule has 0 radical (unpaired) electrons. The zero-order chi connectivity index (χ0) is 18.0. The monoisotopic (exact) mass is 362 g/mol. The van der Waals surface area contributed by atoms with Crippen molar-refractivity contribution in [1.29, 1.82) is 0 Å². The summed E-state index contributed by atoms with van der Waals surface area (Å²) in [6, 6.07) is 12.0. The summed E-state index contributed by atoms with van der Waals surface area (Å²) in [6.45, 7) is 3.05. The van der Waals surface area contributed by atoms with E-state index in [1.54, 1.807) is 31.1 Å². The standard InChI is InChI=1S/C18H21BClFN2O2/c1-19(24)23-10-8-18(9-11-23,13-2-7-16(20)17(21)12-13)25-15-5-3-14(22)4-6-15/h2-7,12,24H,8-11,22H2,1H3. The Bertz CT molecular complexity index is 734. The van der Waals surface area contributed by atoms with Crippen molar-refractivity contribution in [3.05, 3.63) is 58.9 Å². The molecule has 3 rings (SSSR count). The second-order valence-electron chi connectivity index (χ2n) is 6.46. The molecule has 0 saturated carbocycles. The molecule has 3 N–H and O–H groups in total. The molecule has 2 aromatic rings. The lowest BCUT2D eigenvalue weighted by Gasteiger charge is -2.42.